The minimum absolute atomic E-state index is 0.159. The van der Waals surface area contributed by atoms with Crippen molar-refractivity contribution in [1.82, 2.24) is 0 Å². The number of hydrogen-bond donors (Lipinski definition) is 1. The average molecular weight is 224 g/mol. The third-order valence-electron chi connectivity index (χ3n) is 4.40. The van der Waals surface area contributed by atoms with E-state index >= 15 is 0 Å². The number of Topliss-reactive ketones (excluding diaryl/α,β-unsaturated/α-hetero) is 1. The van der Waals surface area contributed by atoms with Crippen LogP contribution in [-0.4, -0.2) is 17.0 Å². The van der Waals surface area contributed by atoms with E-state index in [1.807, 2.05) is 0 Å². The Morgan fingerprint density at radius 3 is 1.94 bits per heavy atom. The van der Waals surface area contributed by atoms with Gasteiger partial charge in [-0.3, -0.25) is 4.79 Å². The molecule has 2 aliphatic carbocycles. The van der Waals surface area contributed by atoms with Gasteiger partial charge in [0.1, 0.15) is 6.10 Å². The molecule has 2 rings (SSSR count). The third-order valence-corrected chi connectivity index (χ3v) is 4.40. The zero-order valence-corrected chi connectivity index (χ0v) is 10.2. The fourth-order valence-corrected chi connectivity index (χ4v) is 3.31. The summed E-state index contributed by atoms with van der Waals surface area (Å²) >= 11 is 0. The van der Waals surface area contributed by atoms with Crippen LogP contribution in [0.25, 0.3) is 0 Å². The number of rotatable bonds is 3. The summed E-state index contributed by atoms with van der Waals surface area (Å²) < 4.78 is 0. The van der Waals surface area contributed by atoms with E-state index in [4.69, 9.17) is 0 Å². The molecule has 1 atom stereocenters. The van der Waals surface area contributed by atoms with E-state index in [2.05, 4.69) is 0 Å². The molecule has 0 aromatic rings. The molecule has 0 aliphatic heterocycles. The number of aliphatic hydroxyl groups excluding tert-OH is 1. The monoisotopic (exact) mass is 224 g/mol. The second-order valence-electron chi connectivity index (χ2n) is 5.58. The Morgan fingerprint density at radius 2 is 1.38 bits per heavy atom. The van der Waals surface area contributed by atoms with Crippen molar-refractivity contribution in [2.24, 2.45) is 11.8 Å². The van der Waals surface area contributed by atoms with Crippen LogP contribution in [0.3, 0.4) is 0 Å². The largest absolute Gasteiger partial charge is 0.385 e. The standard InChI is InChI=1S/C14H24O2/c15-13(11-7-3-1-4-8-11)14(16)12-9-5-2-6-10-12/h11-13,15H,1-10H2/t13-/m0/s1. The van der Waals surface area contributed by atoms with Crippen molar-refractivity contribution >= 4 is 5.78 Å². The van der Waals surface area contributed by atoms with E-state index in [-0.39, 0.29) is 17.6 Å². The molecule has 2 nitrogen and oxygen atoms in total. The molecule has 0 aromatic heterocycles. The predicted octanol–water partition coefficient (Wildman–Crippen LogP) is 3.08. The van der Waals surface area contributed by atoms with Crippen molar-refractivity contribution < 1.29 is 9.90 Å². The van der Waals surface area contributed by atoms with Crippen LogP contribution in [0.4, 0.5) is 0 Å². The summed E-state index contributed by atoms with van der Waals surface area (Å²) in [4.78, 5) is 12.1. The molecular formula is C14H24O2. The minimum Gasteiger partial charge on any atom is -0.385 e. The van der Waals surface area contributed by atoms with Crippen LogP contribution in [0.5, 0.6) is 0 Å². The second kappa shape index (κ2) is 5.81. The van der Waals surface area contributed by atoms with Crippen LogP contribution < -0.4 is 0 Å². The average Bonchev–Trinajstić information content (AvgIpc) is 2.39. The molecule has 0 amide bonds. The van der Waals surface area contributed by atoms with Crippen molar-refractivity contribution in [3.63, 3.8) is 0 Å². The lowest BCUT2D eigenvalue weighted by Crippen LogP contribution is -2.36. The Hall–Kier alpha value is -0.370. The lowest BCUT2D eigenvalue weighted by atomic mass is 9.78. The first-order chi connectivity index (χ1) is 7.79. The van der Waals surface area contributed by atoms with Crippen LogP contribution in [0.1, 0.15) is 64.2 Å². The lowest BCUT2D eigenvalue weighted by molar-refractivity contribution is -0.135. The minimum atomic E-state index is -0.650. The highest BCUT2D eigenvalue weighted by molar-refractivity contribution is 5.85. The van der Waals surface area contributed by atoms with Gasteiger partial charge in [-0.25, -0.2) is 0 Å². The van der Waals surface area contributed by atoms with Crippen molar-refractivity contribution in [1.29, 1.82) is 0 Å². The smallest absolute Gasteiger partial charge is 0.164 e. The summed E-state index contributed by atoms with van der Waals surface area (Å²) in [6.07, 6.45) is 10.8. The summed E-state index contributed by atoms with van der Waals surface area (Å²) in [5.41, 5.74) is 0. The van der Waals surface area contributed by atoms with Gasteiger partial charge in [-0.2, -0.15) is 0 Å². The molecule has 0 spiro atoms. The molecular weight excluding hydrogens is 200 g/mol. The van der Waals surface area contributed by atoms with E-state index < -0.39 is 6.10 Å². The van der Waals surface area contributed by atoms with Crippen LogP contribution in [0.2, 0.25) is 0 Å². The van der Waals surface area contributed by atoms with Gasteiger partial charge < -0.3 is 5.11 Å². The first kappa shape index (κ1) is 12.1. The Balaban J connectivity index is 1.86. The Labute approximate surface area is 98.4 Å². The molecule has 0 unspecified atom stereocenters. The second-order valence-corrected chi connectivity index (χ2v) is 5.58. The molecule has 0 heterocycles. The van der Waals surface area contributed by atoms with E-state index in [1.54, 1.807) is 0 Å². The van der Waals surface area contributed by atoms with Gasteiger partial charge in [0.05, 0.1) is 0 Å². The van der Waals surface area contributed by atoms with Crippen molar-refractivity contribution in [2.45, 2.75) is 70.3 Å². The number of aliphatic hydroxyl groups is 1. The zero-order chi connectivity index (χ0) is 11.4. The Bertz CT molecular complexity index is 225. The molecule has 0 radical (unpaired) electrons. The fourth-order valence-electron chi connectivity index (χ4n) is 3.31. The maximum atomic E-state index is 12.1. The van der Waals surface area contributed by atoms with Gasteiger partial charge in [0, 0.05) is 5.92 Å². The molecule has 2 heteroatoms. The summed E-state index contributed by atoms with van der Waals surface area (Å²) in [6.45, 7) is 0. The first-order valence-corrected chi connectivity index (χ1v) is 7.01. The Kier molecular flexibility index (Phi) is 4.39. The summed E-state index contributed by atoms with van der Waals surface area (Å²) in [5.74, 6) is 0.598. The van der Waals surface area contributed by atoms with Gasteiger partial charge in [-0.15, -0.1) is 0 Å². The molecule has 2 saturated carbocycles. The maximum Gasteiger partial charge on any atom is 0.164 e. The van der Waals surface area contributed by atoms with E-state index in [1.165, 1.54) is 38.5 Å². The van der Waals surface area contributed by atoms with Crippen LogP contribution in [0.15, 0.2) is 0 Å². The van der Waals surface area contributed by atoms with Gasteiger partial charge in [-0.05, 0) is 31.6 Å². The van der Waals surface area contributed by atoms with E-state index in [0.29, 0.717) is 0 Å². The summed E-state index contributed by atoms with van der Waals surface area (Å²) in [5, 5.41) is 10.1. The molecule has 0 bridgehead atoms. The lowest BCUT2D eigenvalue weighted by Gasteiger charge is -2.29. The van der Waals surface area contributed by atoms with Gasteiger partial charge in [0.2, 0.25) is 0 Å². The quantitative estimate of drug-likeness (QED) is 0.800. The third kappa shape index (κ3) is 2.85. The van der Waals surface area contributed by atoms with E-state index in [9.17, 15) is 9.90 Å². The normalized spacial score (nSPS) is 26.6. The number of carbonyl (C=O) groups excluding carboxylic acids is 1. The van der Waals surface area contributed by atoms with Crippen LogP contribution in [0, 0.1) is 11.8 Å². The Morgan fingerprint density at radius 1 is 0.875 bits per heavy atom. The fraction of sp³-hybridized carbons (Fsp3) is 0.929. The van der Waals surface area contributed by atoms with Gasteiger partial charge in [0.15, 0.2) is 5.78 Å². The number of carbonyl (C=O) groups is 1. The summed E-state index contributed by atoms with van der Waals surface area (Å²) in [6, 6.07) is 0. The molecule has 0 saturated heterocycles. The zero-order valence-electron chi connectivity index (χ0n) is 10.2. The molecule has 1 N–H and O–H groups in total. The number of hydrogen-bond acceptors (Lipinski definition) is 2. The molecule has 0 aromatic carbocycles. The molecule has 92 valence electrons. The van der Waals surface area contributed by atoms with Crippen LogP contribution >= 0.6 is 0 Å². The maximum absolute atomic E-state index is 12.1. The molecule has 16 heavy (non-hydrogen) atoms. The molecule has 2 fully saturated rings. The van der Waals surface area contributed by atoms with Gasteiger partial charge in [-0.1, -0.05) is 38.5 Å². The SMILES string of the molecule is O=C(C1CCCCC1)[C@@H](O)C1CCCCC1. The first-order valence-electron chi connectivity index (χ1n) is 7.01. The van der Waals surface area contributed by atoms with Crippen molar-refractivity contribution in [3.8, 4) is 0 Å². The highest BCUT2D eigenvalue weighted by Gasteiger charge is 2.32. The number of ketones is 1. The van der Waals surface area contributed by atoms with Crippen LogP contribution in [-0.2, 0) is 4.79 Å². The van der Waals surface area contributed by atoms with Gasteiger partial charge >= 0.3 is 0 Å². The molecule has 2 aliphatic rings. The predicted molar refractivity (Wildman–Crippen MR) is 64.2 cm³/mol. The summed E-state index contributed by atoms with van der Waals surface area (Å²) in [7, 11) is 0. The van der Waals surface area contributed by atoms with Gasteiger partial charge in [0.25, 0.3) is 0 Å². The van der Waals surface area contributed by atoms with E-state index in [0.717, 1.165) is 25.7 Å². The van der Waals surface area contributed by atoms with Crippen molar-refractivity contribution in [2.75, 3.05) is 0 Å². The van der Waals surface area contributed by atoms with Crippen molar-refractivity contribution in [3.05, 3.63) is 0 Å². The highest BCUT2D eigenvalue weighted by atomic mass is 16.3. The topological polar surface area (TPSA) is 37.3 Å². The highest BCUT2D eigenvalue weighted by Crippen LogP contribution is 2.31.